The number of benzene rings is 1. The number of thioether (sulfide) groups is 1. The van der Waals surface area contributed by atoms with Crippen molar-refractivity contribution in [3.05, 3.63) is 38.3 Å². The van der Waals surface area contributed by atoms with E-state index in [9.17, 15) is 19.6 Å². The number of likely N-dealkylation sites (tertiary alicyclic amines) is 1. The normalized spacial score (nSPS) is 20.3. The minimum Gasteiger partial charge on any atom is -0.491 e. The van der Waals surface area contributed by atoms with Crippen molar-refractivity contribution in [1.29, 1.82) is 5.26 Å². The zero-order valence-corrected chi connectivity index (χ0v) is 20.5. The summed E-state index contributed by atoms with van der Waals surface area (Å²) < 4.78 is 10.3. The standard InChI is InChI=1S/C22H23Cl2N3O5S/c1-3-32-19-14(23)8-12(9-15(19)24)17-13(10-25)21(26-20(29)18(17)22(30)31-2)33-11-16(28)27-6-4-5-7-27/h8-9,17-18H,3-7,11H2,1-2H3,(H,26,29)/t17-,18+/m1/s1. The van der Waals surface area contributed by atoms with E-state index in [-0.39, 0.29) is 38.1 Å². The summed E-state index contributed by atoms with van der Waals surface area (Å²) in [6.45, 7) is 3.52. The van der Waals surface area contributed by atoms with Gasteiger partial charge in [0.05, 0.1) is 46.2 Å². The lowest BCUT2D eigenvalue weighted by atomic mass is 9.78. The topological polar surface area (TPSA) is 109 Å². The van der Waals surface area contributed by atoms with Gasteiger partial charge in [0.2, 0.25) is 11.8 Å². The Bertz CT molecular complexity index is 1010. The summed E-state index contributed by atoms with van der Waals surface area (Å²) in [5.74, 6) is -3.50. The molecule has 1 aromatic rings. The van der Waals surface area contributed by atoms with Crippen LogP contribution in [0.15, 0.2) is 22.7 Å². The van der Waals surface area contributed by atoms with Gasteiger partial charge in [-0.2, -0.15) is 5.26 Å². The van der Waals surface area contributed by atoms with Gasteiger partial charge >= 0.3 is 5.97 Å². The zero-order valence-electron chi connectivity index (χ0n) is 18.2. The number of amides is 2. The molecule has 0 aliphatic carbocycles. The number of rotatable bonds is 7. The first-order valence-corrected chi connectivity index (χ1v) is 12.1. The molecule has 0 spiro atoms. The van der Waals surface area contributed by atoms with Gasteiger partial charge < -0.3 is 19.7 Å². The molecule has 2 aliphatic heterocycles. The van der Waals surface area contributed by atoms with Crippen LogP contribution in [0.5, 0.6) is 5.75 Å². The quantitative estimate of drug-likeness (QED) is 0.440. The predicted octanol–water partition coefficient (Wildman–Crippen LogP) is 3.49. The van der Waals surface area contributed by atoms with E-state index in [0.29, 0.717) is 25.3 Å². The monoisotopic (exact) mass is 511 g/mol. The Morgan fingerprint density at radius 1 is 1.27 bits per heavy atom. The number of hydrogen-bond acceptors (Lipinski definition) is 7. The van der Waals surface area contributed by atoms with Gasteiger partial charge in [0.25, 0.3) is 0 Å². The Labute approximate surface area is 206 Å². The Morgan fingerprint density at radius 3 is 2.45 bits per heavy atom. The van der Waals surface area contributed by atoms with Gasteiger partial charge in [-0.25, -0.2) is 0 Å². The number of allylic oxidation sites excluding steroid dienone is 1. The van der Waals surface area contributed by atoms with Crippen molar-refractivity contribution in [3.63, 3.8) is 0 Å². The molecular weight excluding hydrogens is 489 g/mol. The average molecular weight is 512 g/mol. The van der Waals surface area contributed by atoms with E-state index >= 15 is 0 Å². The molecule has 0 bridgehead atoms. The summed E-state index contributed by atoms with van der Waals surface area (Å²) in [5, 5.41) is 13.2. The van der Waals surface area contributed by atoms with Crippen LogP contribution in [0.1, 0.15) is 31.2 Å². The van der Waals surface area contributed by atoms with E-state index in [1.54, 1.807) is 11.8 Å². The number of nitrogens with zero attached hydrogens (tertiary/aromatic N) is 2. The third-order valence-corrected chi connectivity index (χ3v) is 7.01. The van der Waals surface area contributed by atoms with Gasteiger partial charge in [0.1, 0.15) is 5.92 Å². The number of carbonyl (C=O) groups is 3. The van der Waals surface area contributed by atoms with Crippen molar-refractivity contribution in [3.8, 4) is 11.8 Å². The summed E-state index contributed by atoms with van der Waals surface area (Å²) in [6, 6.07) is 5.14. The highest BCUT2D eigenvalue weighted by Gasteiger charge is 2.45. The van der Waals surface area contributed by atoms with Gasteiger partial charge in [-0.05, 0) is 37.5 Å². The summed E-state index contributed by atoms with van der Waals surface area (Å²) >= 11 is 13.8. The number of nitrogens with one attached hydrogen (secondary N) is 1. The van der Waals surface area contributed by atoms with Crippen molar-refractivity contribution < 1.29 is 23.9 Å². The molecule has 1 fully saturated rings. The lowest BCUT2D eigenvalue weighted by Crippen LogP contribution is -2.44. The van der Waals surface area contributed by atoms with E-state index in [4.69, 9.17) is 32.7 Å². The number of methoxy groups -OCH3 is 1. The van der Waals surface area contributed by atoms with Gasteiger partial charge in [-0.15, -0.1) is 0 Å². The smallest absolute Gasteiger partial charge is 0.319 e. The molecule has 11 heteroatoms. The predicted molar refractivity (Wildman–Crippen MR) is 125 cm³/mol. The summed E-state index contributed by atoms with van der Waals surface area (Å²) in [6.07, 6.45) is 1.92. The highest BCUT2D eigenvalue weighted by molar-refractivity contribution is 8.03. The molecule has 2 atom stereocenters. The molecule has 2 aliphatic rings. The highest BCUT2D eigenvalue weighted by atomic mass is 35.5. The van der Waals surface area contributed by atoms with E-state index < -0.39 is 23.7 Å². The molecule has 3 rings (SSSR count). The molecule has 33 heavy (non-hydrogen) atoms. The molecule has 0 unspecified atom stereocenters. The van der Waals surface area contributed by atoms with E-state index in [1.807, 2.05) is 0 Å². The van der Waals surface area contributed by atoms with Crippen LogP contribution in [-0.4, -0.2) is 55.2 Å². The first-order chi connectivity index (χ1) is 15.8. The minimum atomic E-state index is -1.33. The van der Waals surface area contributed by atoms with Crippen LogP contribution in [0.3, 0.4) is 0 Å². The third-order valence-electron chi connectivity index (χ3n) is 5.45. The van der Waals surface area contributed by atoms with Crippen LogP contribution in [0, 0.1) is 17.2 Å². The molecule has 1 aromatic carbocycles. The van der Waals surface area contributed by atoms with Gasteiger partial charge in [-0.1, -0.05) is 35.0 Å². The fourth-order valence-electron chi connectivity index (χ4n) is 3.91. The average Bonchev–Trinajstić information content (AvgIpc) is 3.33. The maximum absolute atomic E-state index is 12.9. The largest absolute Gasteiger partial charge is 0.491 e. The van der Waals surface area contributed by atoms with E-state index in [0.717, 1.165) is 24.6 Å². The number of halogens is 2. The summed E-state index contributed by atoms with van der Waals surface area (Å²) in [4.78, 5) is 39.7. The minimum absolute atomic E-state index is 0.0567. The summed E-state index contributed by atoms with van der Waals surface area (Å²) in [5.41, 5.74) is 0.514. The first kappa shape index (κ1) is 25.2. The number of esters is 1. The lowest BCUT2D eigenvalue weighted by Gasteiger charge is -2.31. The maximum atomic E-state index is 12.9. The molecule has 1 saturated heterocycles. The molecule has 0 radical (unpaired) electrons. The second kappa shape index (κ2) is 11.1. The van der Waals surface area contributed by atoms with Crippen molar-refractivity contribution in [2.24, 2.45) is 5.92 Å². The maximum Gasteiger partial charge on any atom is 0.319 e. The number of nitriles is 1. The molecule has 0 aromatic heterocycles. The summed E-state index contributed by atoms with van der Waals surface area (Å²) in [7, 11) is 1.17. The van der Waals surface area contributed by atoms with E-state index in [1.165, 1.54) is 19.2 Å². The number of ether oxygens (including phenoxy) is 2. The van der Waals surface area contributed by atoms with Crippen molar-refractivity contribution in [2.75, 3.05) is 32.6 Å². The molecular formula is C22H23Cl2N3O5S. The van der Waals surface area contributed by atoms with Gasteiger partial charge in [0, 0.05) is 19.0 Å². The molecule has 2 heterocycles. The number of carbonyl (C=O) groups excluding carboxylic acids is 3. The third kappa shape index (κ3) is 5.40. The zero-order chi connectivity index (χ0) is 24.1. The molecule has 2 amide bonds. The van der Waals surface area contributed by atoms with Crippen LogP contribution in [-0.2, 0) is 19.1 Å². The van der Waals surface area contributed by atoms with Crippen LogP contribution >= 0.6 is 35.0 Å². The first-order valence-electron chi connectivity index (χ1n) is 10.4. The fourth-order valence-corrected chi connectivity index (χ4v) is 5.48. The fraction of sp³-hybridized carbons (Fsp3) is 0.455. The van der Waals surface area contributed by atoms with Crippen molar-refractivity contribution in [1.82, 2.24) is 10.2 Å². The Kier molecular flexibility index (Phi) is 8.51. The van der Waals surface area contributed by atoms with Crippen molar-refractivity contribution in [2.45, 2.75) is 25.7 Å². The van der Waals surface area contributed by atoms with E-state index in [2.05, 4.69) is 11.4 Å². The Morgan fingerprint density at radius 2 is 1.91 bits per heavy atom. The number of hydrogen-bond donors (Lipinski definition) is 1. The lowest BCUT2D eigenvalue weighted by molar-refractivity contribution is -0.150. The highest BCUT2D eigenvalue weighted by Crippen LogP contribution is 2.44. The SMILES string of the molecule is CCOc1c(Cl)cc([C@@H]2C(C#N)=C(SCC(=O)N3CCCC3)NC(=O)[C@H]2C(=O)OC)cc1Cl. The van der Waals surface area contributed by atoms with Gasteiger partial charge in [0.15, 0.2) is 5.75 Å². The van der Waals surface area contributed by atoms with Crippen LogP contribution in [0.4, 0.5) is 0 Å². The van der Waals surface area contributed by atoms with Gasteiger partial charge in [-0.3, -0.25) is 14.4 Å². The molecule has 1 N–H and O–H groups in total. The Hall–Kier alpha value is -2.41. The van der Waals surface area contributed by atoms with Crippen LogP contribution in [0.25, 0.3) is 0 Å². The van der Waals surface area contributed by atoms with Crippen LogP contribution in [0.2, 0.25) is 10.0 Å². The Balaban J connectivity index is 2.02. The molecule has 8 nitrogen and oxygen atoms in total. The second-order valence-electron chi connectivity index (χ2n) is 7.45. The molecule has 0 saturated carbocycles. The van der Waals surface area contributed by atoms with Crippen LogP contribution < -0.4 is 10.1 Å². The molecule has 176 valence electrons. The second-order valence-corrected chi connectivity index (χ2v) is 9.25. The van der Waals surface area contributed by atoms with Crippen molar-refractivity contribution >= 4 is 52.7 Å².